The molecule has 2 aromatic carbocycles. The van der Waals surface area contributed by atoms with Gasteiger partial charge in [-0.2, -0.15) is 0 Å². The monoisotopic (exact) mass is 404 g/mol. The van der Waals surface area contributed by atoms with Crippen molar-refractivity contribution in [3.05, 3.63) is 53.6 Å². The van der Waals surface area contributed by atoms with E-state index in [1.54, 1.807) is 24.3 Å². The second-order valence-electron chi connectivity index (χ2n) is 6.40. The van der Waals surface area contributed by atoms with E-state index < -0.39 is 28.0 Å². The highest BCUT2D eigenvalue weighted by atomic mass is 32.2. The lowest BCUT2D eigenvalue weighted by Crippen LogP contribution is -2.38. The Hall–Kier alpha value is -2.91. The Morgan fingerprint density at radius 1 is 1.21 bits per heavy atom. The van der Waals surface area contributed by atoms with Gasteiger partial charge in [-0.05, 0) is 29.8 Å². The first-order chi connectivity index (χ1) is 13.2. The van der Waals surface area contributed by atoms with Crippen molar-refractivity contribution >= 4 is 27.6 Å². The summed E-state index contributed by atoms with van der Waals surface area (Å²) in [6, 6.07) is 11.2. The van der Waals surface area contributed by atoms with Gasteiger partial charge in [-0.1, -0.05) is 18.2 Å². The first kappa shape index (κ1) is 19.8. The predicted molar refractivity (Wildman–Crippen MR) is 102 cm³/mol. The number of benzene rings is 2. The Labute approximate surface area is 163 Å². The third-order valence-corrected chi connectivity index (χ3v) is 6.21. The fraction of sp³-hybridized carbons (Fsp3) is 0.263. The molecule has 3 rings (SSSR count). The van der Waals surface area contributed by atoms with Crippen LogP contribution in [0.1, 0.15) is 15.9 Å². The molecule has 1 unspecified atom stereocenters. The summed E-state index contributed by atoms with van der Waals surface area (Å²) in [7, 11) is 0.386. The van der Waals surface area contributed by atoms with E-state index in [0.717, 1.165) is 9.87 Å². The summed E-state index contributed by atoms with van der Waals surface area (Å²) in [6.07, 6.45) is -0.759. The van der Waals surface area contributed by atoms with Crippen molar-refractivity contribution in [1.29, 1.82) is 0 Å². The molecule has 1 aliphatic heterocycles. The molecule has 1 N–H and O–H groups in total. The molecule has 1 heterocycles. The SMILES string of the molecule is COc1ccc(NC(=O)C2Cc3ccccc3C(=O)O2)cc1S(=O)(=O)N(C)C. The highest BCUT2D eigenvalue weighted by Crippen LogP contribution is 2.29. The Balaban J connectivity index is 1.85. The summed E-state index contributed by atoms with van der Waals surface area (Å²) < 4.78 is 36.4. The van der Waals surface area contributed by atoms with Crippen LogP contribution in [0.3, 0.4) is 0 Å². The first-order valence-electron chi connectivity index (χ1n) is 8.44. The van der Waals surface area contributed by atoms with E-state index in [1.807, 2.05) is 0 Å². The lowest BCUT2D eigenvalue weighted by Gasteiger charge is -2.24. The number of esters is 1. The fourth-order valence-corrected chi connectivity index (χ4v) is 3.93. The first-order valence-corrected chi connectivity index (χ1v) is 9.88. The van der Waals surface area contributed by atoms with Gasteiger partial charge in [-0.3, -0.25) is 4.79 Å². The molecular weight excluding hydrogens is 384 g/mol. The van der Waals surface area contributed by atoms with E-state index in [-0.39, 0.29) is 22.8 Å². The molecule has 28 heavy (non-hydrogen) atoms. The fourth-order valence-electron chi connectivity index (χ4n) is 2.85. The molecule has 0 bridgehead atoms. The molecule has 0 fully saturated rings. The summed E-state index contributed by atoms with van der Waals surface area (Å²) in [5, 5.41) is 2.61. The number of nitrogens with one attached hydrogen (secondary N) is 1. The van der Waals surface area contributed by atoms with Crippen molar-refractivity contribution in [1.82, 2.24) is 4.31 Å². The number of nitrogens with zero attached hydrogens (tertiary/aromatic N) is 1. The average Bonchev–Trinajstić information content (AvgIpc) is 2.67. The maximum atomic E-state index is 12.6. The lowest BCUT2D eigenvalue weighted by molar-refractivity contribution is -0.125. The van der Waals surface area contributed by atoms with Gasteiger partial charge in [-0.15, -0.1) is 0 Å². The smallest absolute Gasteiger partial charge is 0.339 e. The molecule has 1 aliphatic rings. The zero-order valence-corrected chi connectivity index (χ0v) is 16.4. The van der Waals surface area contributed by atoms with E-state index in [4.69, 9.17) is 9.47 Å². The van der Waals surface area contributed by atoms with E-state index in [2.05, 4.69) is 5.32 Å². The minimum absolute atomic E-state index is 0.0798. The van der Waals surface area contributed by atoms with Gasteiger partial charge in [0.25, 0.3) is 5.91 Å². The van der Waals surface area contributed by atoms with E-state index >= 15 is 0 Å². The number of hydrogen-bond donors (Lipinski definition) is 1. The standard InChI is InChI=1S/C19H20N2O6S/c1-21(2)28(24,25)17-11-13(8-9-15(17)26-3)20-18(22)16-10-12-6-4-5-7-14(12)19(23)27-16/h4-9,11,16H,10H2,1-3H3,(H,20,22). The number of hydrogen-bond acceptors (Lipinski definition) is 6. The van der Waals surface area contributed by atoms with Gasteiger partial charge in [0.15, 0.2) is 6.10 Å². The maximum Gasteiger partial charge on any atom is 0.339 e. The summed E-state index contributed by atoms with van der Waals surface area (Å²) in [5.41, 5.74) is 1.42. The number of amides is 1. The Morgan fingerprint density at radius 3 is 2.61 bits per heavy atom. The van der Waals surface area contributed by atoms with E-state index in [0.29, 0.717) is 5.56 Å². The largest absolute Gasteiger partial charge is 0.495 e. The van der Waals surface area contributed by atoms with Gasteiger partial charge >= 0.3 is 5.97 Å². The van der Waals surface area contributed by atoms with Gasteiger partial charge in [0, 0.05) is 26.2 Å². The minimum atomic E-state index is -3.78. The number of cyclic esters (lactones) is 1. The van der Waals surface area contributed by atoms with Crippen LogP contribution >= 0.6 is 0 Å². The molecule has 0 saturated heterocycles. The number of sulfonamides is 1. The number of anilines is 1. The third kappa shape index (κ3) is 3.71. The Morgan fingerprint density at radius 2 is 1.93 bits per heavy atom. The zero-order chi connectivity index (χ0) is 20.5. The summed E-state index contributed by atoms with van der Waals surface area (Å²) >= 11 is 0. The van der Waals surface area contributed by atoms with Crippen LogP contribution in [0, 0.1) is 0 Å². The number of ether oxygens (including phenoxy) is 2. The second-order valence-corrected chi connectivity index (χ2v) is 8.52. The molecule has 0 spiro atoms. The Bertz CT molecular complexity index is 1030. The van der Waals surface area contributed by atoms with Crippen molar-refractivity contribution in [2.75, 3.05) is 26.5 Å². The predicted octanol–water partition coefficient (Wildman–Crippen LogP) is 1.67. The summed E-state index contributed by atoms with van der Waals surface area (Å²) in [4.78, 5) is 24.6. The molecule has 0 aromatic heterocycles. The van der Waals surface area contributed by atoms with Crippen LogP contribution in [-0.2, 0) is 26.0 Å². The molecule has 148 valence electrons. The van der Waals surface area contributed by atoms with Crippen molar-refractivity contribution in [3.8, 4) is 5.75 Å². The molecule has 8 nitrogen and oxygen atoms in total. The highest BCUT2D eigenvalue weighted by Gasteiger charge is 2.31. The van der Waals surface area contributed by atoms with Crippen molar-refractivity contribution < 1.29 is 27.5 Å². The normalized spacial score (nSPS) is 16.3. The lowest BCUT2D eigenvalue weighted by atomic mass is 9.98. The van der Waals surface area contributed by atoms with Crippen LogP contribution < -0.4 is 10.1 Å². The van der Waals surface area contributed by atoms with Gasteiger partial charge in [0.2, 0.25) is 10.0 Å². The van der Waals surface area contributed by atoms with E-state index in [1.165, 1.54) is 39.4 Å². The molecule has 9 heteroatoms. The van der Waals surface area contributed by atoms with Crippen LogP contribution in [0.4, 0.5) is 5.69 Å². The van der Waals surface area contributed by atoms with Gasteiger partial charge in [0.05, 0.1) is 12.7 Å². The molecular formula is C19H20N2O6S. The number of methoxy groups -OCH3 is 1. The van der Waals surface area contributed by atoms with Gasteiger partial charge < -0.3 is 14.8 Å². The zero-order valence-electron chi connectivity index (χ0n) is 15.6. The third-order valence-electron chi connectivity index (χ3n) is 4.37. The average molecular weight is 404 g/mol. The second kappa shape index (κ2) is 7.61. The Kier molecular flexibility index (Phi) is 5.39. The van der Waals surface area contributed by atoms with Crippen molar-refractivity contribution in [3.63, 3.8) is 0 Å². The summed E-state index contributed by atoms with van der Waals surface area (Å²) in [6.45, 7) is 0. The van der Waals surface area contributed by atoms with Crippen LogP contribution in [-0.4, -0.2) is 51.9 Å². The molecule has 0 saturated carbocycles. The van der Waals surface area contributed by atoms with Crippen LogP contribution in [0.5, 0.6) is 5.75 Å². The maximum absolute atomic E-state index is 12.6. The number of fused-ring (bicyclic) bond motifs is 1. The van der Waals surface area contributed by atoms with Crippen LogP contribution in [0.15, 0.2) is 47.4 Å². The van der Waals surface area contributed by atoms with Gasteiger partial charge in [-0.25, -0.2) is 17.5 Å². The molecule has 2 aromatic rings. The number of rotatable bonds is 5. The van der Waals surface area contributed by atoms with Crippen molar-refractivity contribution in [2.24, 2.45) is 0 Å². The minimum Gasteiger partial charge on any atom is -0.495 e. The molecule has 0 aliphatic carbocycles. The topological polar surface area (TPSA) is 102 Å². The highest BCUT2D eigenvalue weighted by molar-refractivity contribution is 7.89. The van der Waals surface area contributed by atoms with Crippen LogP contribution in [0.25, 0.3) is 0 Å². The number of carbonyl (C=O) groups excluding carboxylic acids is 2. The quantitative estimate of drug-likeness (QED) is 0.761. The van der Waals surface area contributed by atoms with Crippen LogP contribution in [0.2, 0.25) is 0 Å². The van der Waals surface area contributed by atoms with Gasteiger partial charge in [0.1, 0.15) is 10.6 Å². The summed E-state index contributed by atoms with van der Waals surface area (Å²) in [5.74, 6) is -0.946. The molecule has 1 amide bonds. The molecule has 1 atom stereocenters. The van der Waals surface area contributed by atoms with Crippen molar-refractivity contribution in [2.45, 2.75) is 17.4 Å². The van der Waals surface area contributed by atoms with E-state index in [9.17, 15) is 18.0 Å². The number of carbonyl (C=O) groups is 2. The molecule has 0 radical (unpaired) electrons.